The number of nitrogens with zero attached hydrogens (tertiary/aromatic N) is 3. The predicted octanol–water partition coefficient (Wildman–Crippen LogP) is 4.87. The lowest BCUT2D eigenvalue weighted by molar-refractivity contribution is -0.129. The van der Waals surface area contributed by atoms with Crippen molar-refractivity contribution in [2.45, 2.75) is 39.0 Å². The van der Waals surface area contributed by atoms with Crippen molar-refractivity contribution in [2.75, 3.05) is 59.8 Å². The number of hydrogen-bond donors (Lipinski definition) is 2. The molecule has 1 amide bonds. The minimum absolute atomic E-state index is 0.170. The van der Waals surface area contributed by atoms with E-state index in [4.69, 9.17) is 0 Å². The fourth-order valence-electron chi connectivity index (χ4n) is 5.39. The van der Waals surface area contributed by atoms with Crippen molar-refractivity contribution in [2.24, 2.45) is 5.92 Å². The lowest BCUT2D eigenvalue weighted by Gasteiger charge is -2.37. The van der Waals surface area contributed by atoms with Gasteiger partial charge >= 0.3 is 0 Å². The first kappa shape index (κ1) is 21.0. The number of benzene rings is 2. The van der Waals surface area contributed by atoms with Crippen molar-refractivity contribution in [3.63, 3.8) is 0 Å². The molecule has 32 heavy (non-hydrogen) atoms. The van der Waals surface area contributed by atoms with Crippen LogP contribution in [-0.2, 0) is 4.79 Å². The van der Waals surface area contributed by atoms with Crippen molar-refractivity contribution in [1.29, 1.82) is 0 Å². The van der Waals surface area contributed by atoms with Crippen molar-refractivity contribution >= 4 is 34.3 Å². The van der Waals surface area contributed by atoms with Gasteiger partial charge in [-0.3, -0.25) is 4.79 Å². The van der Waals surface area contributed by atoms with Gasteiger partial charge in [-0.05, 0) is 43.0 Å². The van der Waals surface area contributed by atoms with E-state index in [1.807, 2.05) is 11.0 Å². The lowest BCUT2D eigenvalue weighted by Crippen LogP contribution is -2.48. The van der Waals surface area contributed by atoms with E-state index < -0.39 is 0 Å². The number of carbonyl (C=O) groups is 1. The predicted molar refractivity (Wildman–Crippen MR) is 133 cm³/mol. The van der Waals surface area contributed by atoms with Crippen LogP contribution in [0.25, 0.3) is 0 Å². The SMILES string of the molecule is CC(=O)N1CCN(c2cc3c(cc2Nc2ccccc2)NCN3CC2CCCCC2)CC1. The summed E-state index contributed by atoms with van der Waals surface area (Å²) in [5.41, 5.74) is 5.98. The molecule has 5 rings (SSSR count). The maximum absolute atomic E-state index is 11.8. The summed E-state index contributed by atoms with van der Waals surface area (Å²) < 4.78 is 0. The molecule has 1 saturated heterocycles. The smallest absolute Gasteiger partial charge is 0.219 e. The van der Waals surface area contributed by atoms with Gasteiger partial charge in [-0.15, -0.1) is 0 Å². The summed E-state index contributed by atoms with van der Waals surface area (Å²) in [7, 11) is 0. The van der Waals surface area contributed by atoms with Gasteiger partial charge < -0.3 is 25.3 Å². The Labute approximate surface area is 191 Å². The molecule has 0 spiro atoms. The summed E-state index contributed by atoms with van der Waals surface area (Å²) in [6.07, 6.45) is 6.88. The second-order valence-electron chi connectivity index (χ2n) is 9.43. The highest BCUT2D eigenvalue weighted by Crippen LogP contribution is 2.42. The van der Waals surface area contributed by atoms with Gasteiger partial charge in [-0.25, -0.2) is 0 Å². The number of amides is 1. The Morgan fingerprint density at radius 1 is 1.00 bits per heavy atom. The van der Waals surface area contributed by atoms with Crippen LogP contribution in [0.2, 0.25) is 0 Å². The molecule has 170 valence electrons. The Hall–Kier alpha value is -2.89. The van der Waals surface area contributed by atoms with E-state index in [1.54, 1.807) is 6.92 Å². The normalized spacial score (nSPS) is 19.0. The zero-order valence-electron chi connectivity index (χ0n) is 19.1. The van der Waals surface area contributed by atoms with Crippen LogP contribution >= 0.6 is 0 Å². The molecule has 1 saturated carbocycles. The van der Waals surface area contributed by atoms with Crippen molar-refractivity contribution in [3.8, 4) is 0 Å². The number of piperazine rings is 1. The van der Waals surface area contributed by atoms with Gasteiger partial charge in [-0.1, -0.05) is 37.5 Å². The first-order valence-electron chi connectivity index (χ1n) is 12.2. The van der Waals surface area contributed by atoms with Crippen LogP contribution < -0.4 is 20.4 Å². The summed E-state index contributed by atoms with van der Waals surface area (Å²) in [6.45, 7) is 6.97. The van der Waals surface area contributed by atoms with Crippen molar-refractivity contribution in [1.82, 2.24) is 4.90 Å². The average Bonchev–Trinajstić information content (AvgIpc) is 3.21. The zero-order chi connectivity index (χ0) is 21.9. The second-order valence-corrected chi connectivity index (χ2v) is 9.43. The molecule has 0 bridgehead atoms. The third kappa shape index (κ3) is 4.50. The van der Waals surface area contributed by atoms with Gasteiger partial charge in [0.15, 0.2) is 0 Å². The Morgan fingerprint density at radius 2 is 1.75 bits per heavy atom. The topological polar surface area (TPSA) is 50.9 Å². The van der Waals surface area contributed by atoms with Crippen LogP contribution in [-0.4, -0.2) is 50.2 Å². The Morgan fingerprint density at radius 3 is 2.47 bits per heavy atom. The van der Waals surface area contributed by atoms with Gasteiger partial charge in [0, 0.05) is 45.3 Å². The van der Waals surface area contributed by atoms with E-state index in [9.17, 15) is 4.79 Å². The van der Waals surface area contributed by atoms with Crippen LogP contribution in [0.5, 0.6) is 0 Å². The largest absolute Gasteiger partial charge is 0.366 e. The Balaban J connectivity index is 1.42. The maximum Gasteiger partial charge on any atom is 0.219 e. The molecule has 2 aromatic rings. The molecule has 0 unspecified atom stereocenters. The minimum Gasteiger partial charge on any atom is -0.366 e. The molecule has 2 aliphatic heterocycles. The van der Waals surface area contributed by atoms with Gasteiger partial charge in [-0.2, -0.15) is 0 Å². The zero-order valence-corrected chi connectivity index (χ0v) is 19.1. The molecule has 2 aromatic carbocycles. The number of fused-ring (bicyclic) bond motifs is 1. The number of carbonyl (C=O) groups excluding carboxylic acids is 1. The molecule has 0 atom stereocenters. The molecular formula is C26H35N5O. The third-order valence-electron chi connectivity index (χ3n) is 7.24. The van der Waals surface area contributed by atoms with Crippen LogP contribution in [0.15, 0.2) is 42.5 Å². The number of rotatable bonds is 5. The molecule has 1 aliphatic carbocycles. The van der Waals surface area contributed by atoms with Crippen molar-refractivity contribution in [3.05, 3.63) is 42.5 Å². The Kier molecular flexibility index (Phi) is 6.10. The first-order chi connectivity index (χ1) is 15.7. The van der Waals surface area contributed by atoms with Gasteiger partial charge in [0.05, 0.1) is 29.4 Å². The van der Waals surface area contributed by atoms with Crippen molar-refractivity contribution < 1.29 is 4.79 Å². The van der Waals surface area contributed by atoms with E-state index >= 15 is 0 Å². The molecule has 2 N–H and O–H groups in total. The fourth-order valence-corrected chi connectivity index (χ4v) is 5.39. The van der Waals surface area contributed by atoms with Crippen LogP contribution in [0, 0.1) is 5.92 Å². The standard InChI is InChI=1S/C26H35N5O/c1-20(32)29-12-14-30(15-13-29)26-17-25-23(16-24(26)28-22-10-6-3-7-11-22)27-19-31(25)18-21-8-4-2-5-9-21/h3,6-7,10-11,16-17,21,27-28H,2,4-5,8-9,12-15,18-19H2,1H3. The summed E-state index contributed by atoms with van der Waals surface area (Å²) in [4.78, 5) is 18.7. The minimum atomic E-state index is 0.170. The number of hydrogen-bond acceptors (Lipinski definition) is 5. The number of para-hydroxylation sites is 1. The highest BCUT2D eigenvalue weighted by Gasteiger charge is 2.27. The first-order valence-corrected chi connectivity index (χ1v) is 12.2. The quantitative estimate of drug-likeness (QED) is 0.705. The molecule has 6 heteroatoms. The summed E-state index contributed by atoms with van der Waals surface area (Å²) in [6, 6.07) is 15.0. The van der Waals surface area contributed by atoms with E-state index in [1.165, 1.54) is 49.2 Å². The van der Waals surface area contributed by atoms with E-state index in [2.05, 4.69) is 56.8 Å². The maximum atomic E-state index is 11.8. The monoisotopic (exact) mass is 433 g/mol. The highest BCUT2D eigenvalue weighted by atomic mass is 16.2. The molecule has 2 fully saturated rings. The summed E-state index contributed by atoms with van der Waals surface area (Å²) in [5.74, 6) is 0.977. The molecule has 6 nitrogen and oxygen atoms in total. The summed E-state index contributed by atoms with van der Waals surface area (Å²) in [5, 5.41) is 7.28. The third-order valence-corrected chi connectivity index (χ3v) is 7.24. The number of nitrogens with one attached hydrogen (secondary N) is 2. The van der Waals surface area contributed by atoms with E-state index in [0.717, 1.165) is 56.7 Å². The van der Waals surface area contributed by atoms with Gasteiger partial charge in [0.1, 0.15) is 0 Å². The second kappa shape index (κ2) is 9.31. The van der Waals surface area contributed by atoms with Crippen LogP contribution in [0.3, 0.4) is 0 Å². The summed E-state index contributed by atoms with van der Waals surface area (Å²) >= 11 is 0. The van der Waals surface area contributed by atoms with Crippen LogP contribution in [0.1, 0.15) is 39.0 Å². The molecule has 3 aliphatic rings. The number of anilines is 5. The van der Waals surface area contributed by atoms with Gasteiger partial charge in [0.25, 0.3) is 0 Å². The van der Waals surface area contributed by atoms with Crippen LogP contribution in [0.4, 0.5) is 28.4 Å². The van der Waals surface area contributed by atoms with E-state index in [0.29, 0.717) is 0 Å². The molecule has 0 aromatic heterocycles. The highest BCUT2D eigenvalue weighted by molar-refractivity contribution is 5.89. The molecule has 0 radical (unpaired) electrons. The van der Waals surface area contributed by atoms with Gasteiger partial charge in [0.2, 0.25) is 5.91 Å². The molecule has 2 heterocycles. The van der Waals surface area contributed by atoms with E-state index in [-0.39, 0.29) is 5.91 Å². The molecular weight excluding hydrogens is 398 g/mol. The lowest BCUT2D eigenvalue weighted by atomic mass is 9.89. The Bertz CT molecular complexity index is 933. The average molecular weight is 434 g/mol. The fraction of sp³-hybridized carbons (Fsp3) is 0.500.